The van der Waals surface area contributed by atoms with Gasteiger partial charge in [0.25, 0.3) is 0 Å². The fourth-order valence-electron chi connectivity index (χ4n) is 4.11. The summed E-state index contributed by atoms with van der Waals surface area (Å²) in [5.41, 5.74) is 0.0150. The molecule has 0 bridgehead atoms. The molecule has 3 rings (SSSR count). The molecule has 1 N–H and O–H groups in total. The van der Waals surface area contributed by atoms with Crippen LogP contribution >= 0.6 is 0 Å². The van der Waals surface area contributed by atoms with Gasteiger partial charge in [0.05, 0.1) is 5.41 Å². The van der Waals surface area contributed by atoms with Crippen molar-refractivity contribution in [2.45, 2.75) is 50.4 Å². The molecule has 124 valence electrons. The van der Waals surface area contributed by atoms with E-state index in [1.165, 1.54) is 25.7 Å². The van der Waals surface area contributed by atoms with Crippen LogP contribution in [0, 0.1) is 5.92 Å². The number of hydrogen-bond acceptors (Lipinski definition) is 2. The molecule has 4 nitrogen and oxygen atoms in total. The molecule has 4 heteroatoms. The molecule has 23 heavy (non-hydrogen) atoms. The van der Waals surface area contributed by atoms with E-state index in [2.05, 4.69) is 0 Å². The highest BCUT2D eigenvalue weighted by Gasteiger charge is 2.43. The van der Waals surface area contributed by atoms with Gasteiger partial charge in [-0.25, -0.2) is 0 Å². The quantitative estimate of drug-likeness (QED) is 0.928. The summed E-state index contributed by atoms with van der Waals surface area (Å²) in [7, 11) is 0. The zero-order chi connectivity index (χ0) is 16.3. The van der Waals surface area contributed by atoms with E-state index < -0.39 is 11.4 Å². The van der Waals surface area contributed by atoms with E-state index in [0.29, 0.717) is 38.3 Å². The topological polar surface area (TPSA) is 57.6 Å². The van der Waals surface area contributed by atoms with Gasteiger partial charge in [-0.05, 0) is 37.2 Å². The zero-order valence-electron chi connectivity index (χ0n) is 13.5. The van der Waals surface area contributed by atoms with Crippen LogP contribution in [0.15, 0.2) is 30.3 Å². The number of likely N-dealkylation sites (tertiary alicyclic amines) is 1. The highest BCUT2D eigenvalue weighted by molar-refractivity contribution is 5.82. The minimum Gasteiger partial charge on any atom is -0.481 e. The number of carbonyl (C=O) groups excluding carboxylic acids is 1. The van der Waals surface area contributed by atoms with Crippen molar-refractivity contribution in [3.8, 4) is 0 Å². The van der Waals surface area contributed by atoms with Crippen molar-refractivity contribution in [2.75, 3.05) is 13.1 Å². The summed E-state index contributed by atoms with van der Waals surface area (Å²) in [5, 5.41) is 9.79. The lowest BCUT2D eigenvalue weighted by atomic mass is 9.72. The molecule has 1 amide bonds. The lowest BCUT2D eigenvalue weighted by Crippen LogP contribution is -2.49. The Morgan fingerprint density at radius 3 is 2.26 bits per heavy atom. The van der Waals surface area contributed by atoms with Gasteiger partial charge in [-0.2, -0.15) is 0 Å². The molecule has 0 radical (unpaired) electrons. The van der Waals surface area contributed by atoms with Gasteiger partial charge in [0.1, 0.15) is 0 Å². The third-order valence-electron chi connectivity index (χ3n) is 5.64. The first-order valence-corrected chi connectivity index (χ1v) is 8.68. The minimum atomic E-state index is -0.842. The lowest BCUT2D eigenvalue weighted by Gasteiger charge is -2.39. The van der Waals surface area contributed by atoms with Crippen LogP contribution < -0.4 is 0 Å². The van der Waals surface area contributed by atoms with Crippen molar-refractivity contribution in [2.24, 2.45) is 5.92 Å². The SMILES string of the molecule is O=C(CC1CCCC1)N1CCC(C(=O)O)(c2ccccc2)CC1. The monoisotopic (exact) mass is 315 g/mol. The average Bonchev–Trinajstić information content (AvgIpc) is 3.08. The van der Waals surface area contributed by atoms with Crippen LogP contribution in [-0.4, -0.2) is 35.0 Å². The van der Waals surface area contributed by atoms with E-state index in [0.717, 1.165) is 5.56 Å². The predicted octanol–water partition coefficient (Wildman–Crippen LogP) is 3.21. The Kier molecular flexibility index (Phi) is 4.69. The number of nitrogens with zero attached hydrogens (tertiary/aromatic N) is 1. The van der Waals surface area contributed by atoms with Crippen molar-refractivity contribution < 1.29 is 14.7 Å². The third-order valence-corrected chi connectivity index (χ3v) is 5.64. The molecule has 1 saturated carbocycles. The normalized spacial score (nSPS) is 21.3. The zero-order valence-corrected chi connectivity index (χ0v) is 13.5. The third kappa shape index (κ3) is 3.26. The van der Waals surface area contributed by atoms with Gasteiger partial charge in [0.15, 0.2) is 0 Å². The molecule has 2 aliphatic rings. The fourth-order valence-corrected chi connectivity index (χ4v) is 4.11. The summed E-state index contributed by atoms with van der Waals surface area (Å²) >= 11 is 0. The number of benzene rings is 1. The largest absolute Gasteiger partial charge is 0.481 e. The average molecular weight is 315 g/mol. The van der Waals surface area contributed by atoms with Gasteiger partial charge in [0.2, 0.25) is 5.91 Å². The number of carboxylic acid groups (broad SMARTS) is 1. The summed E-state index contributed by atoms with van der Waals surface area (Å²) in [6, 6.07) is 9.46. The molecule has 2 fully saturated rings. The molecule has 0 atom stereocenters. The smallest absolute Gasteiger partial charge is 0.314 e. The Balaban J connectivity index is 1.65. The second-order valence-corrected chi connectivity index (χ2v) is 6.99. The summed E-state index contributed by atoms with van der Waals surface area (Å²) in [6.07, 6.45) is 6.48. The van der Waals surface area contributed by atoms with Crippen LogP contribution in [-0.2, 0) is 15.0 Å². The molecule has 0 unspecified atom stereocenters. The van der Waals surface area contributed by atoms with Crippen LogP contribution in [0.1, 0.15) is 50.5 Å². The predicted molar refractivity (Wildman–Crippen MR) is 88.1 cm³/mol. The highest BCUT2D eigenvalue weighted by atomic mass is 16.4. The summed E-state index contributed by atoms with van der Waals surface area (Å²) in [4.78, 5) is 26.3. The van der Waals surface area contributed by atoms with E-state index in [4.69, 9.17) is 0 Å². The Morgan fingerprint density at radius 1 is 1.09 bits per heavy atom. The fraction of sp³-hybridized carbons (Fsp3) is 0.579. The Hall–Kier alpha value is -1.84. The van der Waals surface area contributed by atoms with Gasteiger partial charge in [0, 0.05) is 19.5 Å². The van der Waals surface area contributed by atoms with Gasteiger partial charge in [-0.15, -0.1) is 0 Å². The van der Waals surface area contributed by atoms with E-state index in [1.807, 2.05) is 35.2 Å². The van der Waals surface area contributed by atoms with Gasteiger partial charge >= 0.3 is 5.97 Å². The van der Waals surface area contributed by atoms with Crippen molar-refractivity contribution in [3.63, 3.8) is 0 Å². The number of carbonyl (C=O) groups is 2. The first kappa shape index (κ1) is 16.0. The van der Waals surface area contributed by atoms with Crippen LogP contribution in [0.25, 0.3) is 0 Å². The lowest BCUT2D eigenvalue weighted by molar-refractivity contribution is -0.148. The standard InChI is InChI=1S/C19H25NO3/c21-17(14-15-6-4-5-7-15)20-12-10-19(11-13-20,18(22)23)16-8-2-1-3-9-16/h1-3,8-9,15H,4-7,10-14H2,(H,22,23). The van der Waals surface area contributed by atoms with Crippen LogP contribution in [0.2, 0.25) is 0 Å². The number of aliphatic carboxylic acids is 1. The summed E-state index contributed by atoms with van der Waals surface area (Å²) in [6.45, 7) is 1.10. The molecule has 1 heterocycles. The van der Waals surface area contributed by atoms with Crippen molar-refractivity contribution in [1.82, 2.24) is 4.90 Å². The first-order valence-electron chi connectivity index (χ1n) is 8.68. The molecular formula is C19H25NO3. The molecule has 1 saturated heterocycles. The van der Waals surface area contributed by atoms with E-state index >= 15 is 0 Å². The maximum atomic E-state index is 12.4. The first-order chi connectivity index (χ1) is 11.1. The molecule has 0 aromatic heterocycles. The van der Waals surface area contributed by atoms with Gasteiger partial charge < -0.3 is 10.0 Å². The Bertz CT molecular complexity index is 555. The van der Waals surface area contributed by atoms with Crippen LogP contribution in [0.5, 0.6) is 0 Å². The van der Waals surface area contributed by atoms with Crippen LogP contribution in [0.4, 0.5) is 0 Å². The van der Waals surface area contributed by atoms with E-state index in [9.17, 15) is 14.7 Å². The van der Waals surface area contributed by atoms with Crippen molar-refractivity contribution >= 4 is 11.9 Å². The van der Waals surface area contributed by atoms with Gasteiger partial charge in [-0.3, -0.25) is 9.59 Å². The molecule has 0 spiro atoms. The van der Waals surface area contributed by atoms with Crippen molar-refractivity contribution in [3.05, 3.63) is 35.9 Å². The second-order valence-electron chi connectivity index (χ2n) is 6.99. The number of amides is 1. The number of piperidine rings is 1. The Morgan fingerprint density at radius 2 is 1.70 bits per heavy atom. The molecule has 1 aromatic carbocycles. The van der Waals surface area contributed by atoms with Crippen molar-refractivity contribution in [1.29, 1.82) is 0 Å². The van der Waals surface area contributed by atoms with E-state index in [-0.39, 0.29) is 5.91 Å². The highest BCUT2D eigenvalue weighted by Crippen LogP contribution is 2.36. The van der Waals surface area contributed by atoms with E-state index in [1.54, 1.807) is 0 Å². The molecule has 1 aliphatic carbocycles. The Labute approximate surface area is 137 Å². The van der Waals surface area contributed by atoms with Crippen LogP contribution in [0.3, 0.4) is 0 Å². The number of rotatable bonds is 4. The number of hydrogen-bond donors (Lipinski definition) is 1. The summed E-state index contributed by atoms with van der Waals surface area (Å²) in [5.74, 6) is -0.0154. The number of carboxylic acids is 1. The maximum absolute atomic E-state index is 12.4. The molecule has 1 aliphatic heterocycles. The molecule has 1 aromatic rings. The molecular weight excluding hydrogens is 290 g/mol. The summed E-state index contributed by atoms with van der Waals surface area (Å²) < 4.78 is 0. The van der Waals surface area contributed by atoms with Gasteiger partial charge in [-0.1, -0.05) is 43.2 Å². The maximum Gasteiger partial charge on any atom is 0.314 e. The second kappa shape index (κ2) is 6.73. The minimum absolute atomic E-state index is 0.212.